The van der Waals surface area contributed by atoms with Crippen molar-refractivity contribution in [3.05, 3.63) is 79.1 Å². The minimum atomic E-state index is -3.45. The van der Waals surface area contributed by atoms with Crippen molar-refractivity contribution in [2.75, 3.05) is 0 Å². The summed E-state index contributed by atoms with van der Waals surface area (Å²) in [6.45, 7) is 0.205. The Balaban J connectivity index is 1.60. The number of hydrogen-bond donors (Lipinski definition) is 2. The van der Waals surface area contributed by atoms with Crippen molar-refractivity contribution in [3.8, 4) is 0 Å². The second-order valence-corrected chi connectivity index (χ2v) is 9.69. The molecule has 1 atom stereocenters. The zero-order valence-electron chi connectivity index (χ0n) is 13.1. The number of rotatable bonds is 7. The molecule has 0 amide bonds. The van der Waals surface area contributed by atoms with Crippen LogP contribution in [0, 0.1) is 0 Å². The molecule has 0 aliphatic rings. The van der Waals surface area contributed by atoms with Gasteiger partial charge in [-0.05, 0) is 52.2 Å². The van der Waals surface area contributed by atoms with Crippen molar-refractivity contribution < 1.29 is 13.5 Å². The van der Waals surface area contributed by atoms with Gasteiger partial charge >= 0.3 is 0 Å². The van der Waals surface area contributed by atoms with Gasteiger partial charge in [0.15, 0.2) is 0 Å². The summed E-state index contributed by atoms with van der Waals surface area (Å²) in [5.74, 6) is -0.0973. The number of aliphatic hydroxyl groups excluding tert-OH is 1. The number of thiophene rings is 2. The van der Waals surface area contributed by atoms with Crippen LogP contribution in [0.1, 0.15) is 27.0 Å². The van der Waals surface area contributed by atoms with Crippen molar-refractivity contribution in [3.63, 3.8) is 0 Å². The molecule has 2 aromatic heterocycles. The summed E-state index contributed by atoms with van der Waals surface area (Å²) in [5, 5.41) is 14.7. The van der Waals surface area contributed by atoms with E-state index in [1.54, 1.807) is 24.3 Å². The zero-order chi connectivity index (χ0) is 17.9. The first-order valence-corrected chi connectivity index (χ1v) is 11.2. The lowest BCUT2D eigenvalue weighted by atomic mass is 10.2. The Kier molecular flexibility index (Phi) is 5.93. The number of halogens is 1. The summed E-state index contributed by atoms with van der Waals surface area (Å²) >= 11 is 8.73. The van der Waals surface area contributed by atoms with Gasteiger partial charge in [-0.15, -0.1) is 11.3 Å². The van der Waals surface area contributed by atoms with Crippen LogP contribution in [-0.2, 0) is 22.3 Å². The number of hydrogen-bond acceptors (Lipinski definition) is 5. The van der Waals surface area contributed by atoms with Crippen LogP contribution in [0.15, 0.2) is 53.2 Å². The lowest BCUT2D eigenvalue weighted by Gasteiger charge is -2.07. The number of sulfonamides is 1. The van der Waals surface area contributed by atoms with E-state index in [1.807, 2.05) is 29.0 Å². The molecule has 0 aliphatic carbocycles. The van der Waals surface area contributed by atoms with E-state index in [0.29, 0.717) is 10.6 Å². The smallest absolute Gasteiger partial charge is 0.216 e. The van der Waals surface area contributed by atoms with E-state index >= 15 is 0 Å². The van der Waals surface area contributed by atoms with Crippen molar-refractivity contribution in [1.29, 1.82) is 0 Å². The molecule has 0 fully saturated rings. The Morgan fingerprint density at radius 2 is 1.88 bits per heavy atom. The molecule has 0 saturated carbocycles. The van der Waals surface area contributed by atoms with Crippen molar-refractivity contribution in [1.82, 2.24) is 4.72 Å². The molecule has 2 N–H and O–H groups in total. The van der Waals surface area contributed by atoms with E-state index in [4.69, 9.17) is 11.6 Å². The zero-order valence-corrected chi connectivity index (χ0v) is 16.3. The van der Waals surface area contributed by atoms with Gasteiger partial charge in [-0.3, -0.25) is 0 Å². The molecule has 132 valence electrons. The fraction of sp³-hybridized carbons (Fsp3) is 0.176. The lowest BCUT2D eigenvalue weighted by molar-refractivity contribution is 0.224. The maximum atomic E-state index is 12.2. The average molecular weight is 414 g/mol. The molecule has 4 nitrogen and oxygen atoms in total. The molecule has 8 heteroatoms. The first-order valence-electron chi connectivity index (χ1n) is 7.43. The molecule has 3 rings (SSSR count). The molecule has 0 radical (unpaired) electrons. The standard InChI is InChI=1S/C17H16ClNO3S3/c18-14-3-1-12(2-4-14)11-25(21,22)19-9-15-5-6-16(24-15)17(20)13-7-8-23-10-13/h1-8,10,17,19-20H,9,11H2. The van der Waals surface area contributed by atoms with E-state index in [1.165, 1.54) is 22.7 Å². The highest BCUT2D eigenvalue weighted by Gasteiger charge is 2.15. The molecule has 0 bridgehead atoms. The molecular formula is C17H16ClNO3S3. The summed E-state index contributed by atoms with van der Waals surface area (Å²) < 4.78 is 27.0. The Morgan fingerprint density at radius 1 is 1.12 bits per heavy atom. The van der Waals surface area contributed by atoms with Gasteiger partial charge in [-0.1, -0.05) is 23.7 Å². The number of benzene rings is 1. The van der Waals surface area contributed by atoms with Gasteiger partial charge in [-0.2, -0.15) is 11.3 Å². The second kappa shape index (κ2) is 7.99. The summed E-state index contributed by atoms with van der Waals surface area (Å²) in [7, 11) is -3.45. The first-order chi connectivity index (χ1) is 11.9. The third kappa shape index (κ3) is 5.13. The third-order valence-corrected chi connectivity index (χ3v) is 6.94. The minimum Gasteiger partial charge on any atom is -0.383 e. The van der Waals surface area contributed by atoms with Gasteiger partial charge in [0.25, 0.3) is 0 Å². The minimum absolute atomic E-state index is 0.0973. The van der Waals surface area contributed by atoms with Crippen LogP contribution < -0.4 is 4.72 Å². The van der Waals surface area contributed by atoms with E-state index < -0.39 is 16.1 Å². The van der Waals surface area contributed by atoms with Crippen LogP contribution in [0.2, 0.25) is 5.02 Å². The van der Waals surface area contributed by atoms with Crippen LogP contribution in [0.25, 0.3) is 0 Å². The van der Waals surface area contributed by atoms with E-state index in [0.717, 1.165) is 15.3 Å². The van der Waals surface area contributed by atoms with Crippen LogP contribution in [-0.4, -0.2) is 13.5 Å². The van der Waals surface area contributed by atoms with E-state index in [9.17, 15) is 13.5 Å². The van der Waals surface area contributed by atoms with Crippen molar-refractivity contribution in [2.24, 2.45) is 0 Å². The van der Waals surface area contributed by atoms with Gasteiger partial charge in [0, 0.05) is 21.3 Å². The normalized spacial score (nSPS) is 13.0. The summed E-state index contributed by atoms with van der Waals surface area (Å²) in [4.78, 5) is 1.65. The van der Waals surface area contributed by atoms with E-state index in [2.05, 4.69) is 4.72 Å². The summed E-state index contributed by atoms with van der Waals surface area (Å²) in [6.07, 6.45) is -0.671. The second-order valence-electron chi connectivity index (χ2n) is 5.47. The predicted octanol–water partition coefficient (Wildman–Crippen LogP) is 4.16. The van der Waals surface area contributed by atoms with Crippen molar-refractivity contribution >= 4 is 44.3 Å². The monoisotopic (exact) mass is 413 g/mol. The molecule has 2 heterocycles. The van der Waals surface area contributed by atoms with E-state index in [-0.39, 0.29) is 12.3 Å². The fourth-order valence-electron chi connectivity index (χ4n) is 2.26. The quantitative estimate of drug-likeness (QED) is 0.611. The molecule has 1 unspecified atom stereocenters. The maximum absolute atomic E-state index is 12.2. The maximum Gasteiger partial charge on any atom is 0.216 e. The Morgan fingerprint density at radius 3 is 2.56 bits per heavy atom. The van der Waals surface area contributed by atoms with Crippen LogP contribution in [0.5, 0.6) is 0 Å². The van der Waals surface area contributed by atoms with Gasteiger partial charge < -0.3 is 5.11 Å². The Hall–Kier alpha value is -1.22. The SMILES string of the molecule is O=S(=O)(Cc1ccc(Cl)cc1)NCc1ccc(C(O)c2ccsc2)s1. The molecule has 25 heavy (non-hydrogen) atoms. The molecule has 0 spiro atoms. The lowest BCUT2D eigenvalue weighted by Crippen LogP contribution is -2.24. The van der Waals surface area contributed by atoms with Crippen LogP contribution in [0.3, 0.4) is 0 Å². The molecule has 0 saturated heterocycles. The highest BCUT2D eigenvalue weighted by molar-refractivity contribution is 7.88. The third-order valence-electron chi connectivity index (χ3n) is 3.55. The predicted molar refractivity (Wildman–Crippen MR) is 104 cm³/mol. The van der Waals surface area contributed by atoms with Crippen molar-refractivity contribution in [2.45, 2.75) is 18.4 Å². The first kappa shape index (κ1) is 18.6. The summed E-state index contributed by atoms with van der Waals surface area (Å²) in [5.41, 5.74) is 1.53. The number of aliphatic hydroxyl groups is 1. The number of nitrogens with one attached hydrogen (secondary N) is 1. The largest absolute Gasteiger partial charge is 0.383 e. The Bertz CT molecular complexity index is 918. The molecule has 3 aromatic rings. The highest BCUT2D eigenvalue weighted by atomic mass is 35.5. The van der Waals surface area contributed by atoms with Gasteiger partial charge in [0.2, 0.25) is 10.0 Å². The van der Waals surface area contributed by atoms with Gasteiger partial charge in [-0.25, -0.2) is 13.1 Å². The topological polar surface area (TPSA) is 66.4 Å². The summed E-state index contributed by atoms with van der Waals surface area (Å²) in [6, 6.07) is 12.3. The molecule has 1 aromatic carbocycles. The van der Waals surface area contributed by atoms with Crippen LogP contribution in [0.4, 0.5) is 0 Å². The Labute approximate surface area is 159 Å². The van der Waals surface area contributed by atoms with Crippen LogP contribution >= 0.6 is 34.3 Å². The molecule has 0 aliphatic heterocycles. The van der Waals surface area contributed by atoms with Gasteiger partial charge in [0.05, 0.1) is 5.75 Å². The highest BCUT2D eigenvalue weighted by Crippen LogP contribution is 2.29. The fourth-order valence-corrected chi connectivity index (χ4v) is 5.24. The molecular weight excluding hydrogens is 398 g/mol. The van der Waals surface area contributed by atoms with Gasteiger partial charge in [0.1, 0.15) is 6.10 Å². The average Bonchev–Trinajstić information content (AvgIpc) is 3.26.